The quantitative estimate of drug-likeness (QED) is 0.837. The van der Waals surface area contributed by atoms with E-state index in [0.29, 0.717) is 0 Å². The molecule has 1 aromatic carbocycles. The standard InChI is InChI=1S/C17H28N2/c1-13(2)10-19(11-14(3)4)12-15-5-6-17-16(9-15)7-8-18-17/h5-6,9,13-14,18H,7-8,10-12H2,1-4H3. The Kier molecular flexibility index (Phi) is 4.87. The van der Waals surface area contributed by atoms with Crippen LogP contribution in [0, 0.1) is 11.8 Å². The highest BCUT2D eigenvalue weighted by Gasteiger charge is 2.13. The Labute approximate surface area is 118 Å². The van der Waals surface area contributed by atoms with Crippen LogP contribution in [-0.2, 0) is 13.0 Å². The van der Waals surface area contributed by atoms with Crippen molar-refractivity contribution in [1.82, 2.24) is 4.90 Å². The highest BCUT2D eigenvalue weighted by molar-refractivity contribution is 5.56. The zero-order valence-electron chi connectivity index (χ0n) is 12.9. The number of hydrogen-bond acceptors (Lipinski definition) is 2. The second kappa shape index (κ2) is 6.42. The minimum Gasteiger partial charge on any atom is -0.384 e. The van der Waals surface area contributed by atoms with Gasteiger partial charge in [0.05, 0.1) is 0 Å². The maximum atomic E-state index is 3.43. The summed E-state index contributed by atoms with van der Waals surface area (Å²) in [5.41, 5.74) is 4.29. The molecule has 0 unspecified atom stereocenters. The molecule has 2 rings (SSSR count). The molecule has 0 bridgehead atoms. The summed E-state index contributed by atoms with van der Waals surface area (Å²) in [7, 11) is 0. The molecule has 0 amide bonds. The van der Waals surface area contributed by atoms with Gasteiger partial charge in [0.2, 0.25) is 0 Å². The molecule has 1 aliphatic rings. The molecule has 1 aromatic rings. The summed E-state index contributed by atoms with van der Waals surface area (Å²) in [5.74, 6) is 1.46. The van der Waals surface area contributed by atoms with E-state index >= 15 is 0 Å². The molecular formula is C17H28N2. The first-order valence-electron chi connectivity index (χ1n) is 7.62. The molecule has 0 saturated carbocycles. The molecule has 0 aromatic heterocycles. The second-order valence-electron chi connectivity index (χ2n) is 6.65. The van der Waals surface area contributed by atoms with Crippen molar-refractivity contribution >= 4 is 5.69 Å². The Hall–Kier alpha value is -1.02. The van der Waals surface area contributed by atoms with Crippen molar-refractivity contribution in [3.63, 3.8) is 0 Å². The Morgan fingerprint density at radius 2 is 1.79 bits per heavy atom. The number of benzene rings is 1. The predicted molar refractivity (Wildman–Crippen MR) is 83.6 cm³/mol. The second-order valence-corrected chi connectivity index (χ2v) is 6.65. The van der Waals surface area contributed by atoms with Gasteiger partial charge in [-0.2, -0.15) is 0 Å². The maximum absolute atomic E-state index is 3.43. The van der Waals surface area contributed by atoms with E-state index in [0.717, 1.165) is 24.9 Å². The van der Waals surface area contributed by atoms with Gasteiger partial charge in [0, 0.05) is 31.9 Å². The average molecular weight is 260 g/mol. The summed E-state index contributed by atoms with van der Waals surface area (Å²) in [6, 6.07) is 6.92. The Bertz CT molecular complexity index is 400. The average Bonchev–Trinajstić information content (AvgIpc) is 2.74. The lowest BCUT2D eigenvalue weighted by Gasteiger charge is -2.26. The van der Waals surface area contributed by atoms with Gasteiger partial charge < -0.3 is 5.32 Å². The molecule has 1 N–H and O–H groups in total. The molecule has 2 nitrogen and oxygen atoms in total. The van der Waals surface area contributed by atoms with Gasteiger partial charge in [-0.3, -0.25) is 4.90 Å². The van der Waals surface area contributed by atoms with Crippen molar-refractivity contribution in [2.75, 3.05) is 25.0 Å². The Morgan fingerprint density at radius 1 is 1.11 bits per heavy atom. The molecule has 0 saturated heterocycles. The molecule has 1 aliphatic heterocycles. The van der Waals surface area contributed by atoms with E-state index in [1.807, 2.05) is 0 Å². The van der Waals surface area contributed by atoms with E-state index in [2.05, 4.69) is 56.1 Å². The van der Waals surface area contributed by atoms with Gasteiger partial charge in [0.25, 0.3) is 0 Å². The first-order valence-corrected chi connectivity index (χ1v) is 7.62. The van der Waals surface area contributed by atoms with Crippen LogP contribution in [0.25, 0.3) is 0 Å². The molecule has 2 heteroatoms. The number of nitrogens with zero attached hydrogens (tertiary/aromatic N) is 1. The van der Waals surface area contributed by atoms with E-state index in [1.54, 1.807) is 0 Å². The first kappa shape index (κ1) is 14.4. The Balaban J connectivity index is 2.03. The third-order valence-corrected chi connectivity index (χ3v) is 3.53. The molecule has 0 spiro atoms. The van der Waals surface area contributed by atoms with Crippen LogP contribution in [-0.4, -0.2) is 24.5 Å². The maximum Gasteiger partial charge on any atom is 0.0373 e. The summed E-state index contributed by atoms with van der Waals surface area (Å²) < 4.78 is 0. The van der Waals surface area contributed by atoms with Crippen molar-refractivity contribution in [2.45, 2.75) is 40.7 Å². The van der Waals surface area contributed by atoms with Crippen LogP contribution >= 0.6 is 0 Å². The molecule has 0 fully saturated rings. The highest BCUT2D eigenvalue weighted by atomic mass is 15.1. The van der Waals surface area contributed by atoms with Crippen molar-refractivity contribution in [2.24, 2.45) is 11.8 Å². The number of rotatable bonds is 6. The lowest BCUT2D eigenvalue weighted by molar-refractivity contribution is 0.211. The first-order chi connectivity index (χ1) is 9.04. The predicted octanol–water partition coefficient (Wildman–Crippen LogP) is 3.77. The molecule has 0 atom stereocenters. The third kappa shape index (κ3) is 4.24. The minimum atomic E-state index is 0.731. The van der Waals surface area contributed by atoms with Crippen molar-refractivity contribution in [3.8, 4) is 0 Å². The van der Waals surface area contributed by atoms with Crippen molar-refractivity contribution < 1.29 is 0 Å². The topological polar surface area (TPSA) is 15.3 Å². The third-order valence-electron chi connectivity index (χ3n) is 3.53. The van der Waals surface area contributed by atoms with Gasteiger partial charge >= 0.3 is 0 Å². The van der Waals surface area contributed by atoms with Crippen LogP contribution in [0.2, 0.25) is 0 Å². The summed E-state index contributed by atoms with van der Waals surface area (Å²) in [5, 5.41) is 3.43. The summed E-state index contributed by atoms with van der Waals surface area (Å²) in [6.45, 7) is 13.8. The van der Waals surface area contributed by atoms with Crippen LogP contribution in [0.1, 0.15) is 38.8 Å². The lowest BCUT2D eigenvalue weighted by atomic mass is 10.1. The van der Waals surface area contributed by atoms with Gasteiger partial charge in [0.1, 0.15) is 0 Å². The lowest BCUT2D eigenvalue weighted by Crippen LogP contribution is -2.30. The number of nitrogens with one attached hydrogen (secondary N) is 1. The zero-order valence-corrected chi connectivity index (χ0v) is 12.9. The monoisotopic (exact) mass is 260 g/mol. The van der Waals surface area contributed by atoms with Gasteiger partial charge in [-0.25, -0.2) is 0 Å². The fraction of sp³-hybridized carbons (Fsp3) is 0.647. The van der Waals surface area contributed by atoms with Crippen molar-refractivity contribution in [1.29, 1.82) is 0 Å². The summed E-state index contributed by atoms with van der Waals surface area (Å²) in [4.78, 5) is 2.60. The fourth-order valence-corrected chi connectivity index (χ4v) is 2.95. The smallest absolute Gasteiger partial charge is 0.0373 e. The summed E-state index contributed by atoms with van der Waals surface area (Å²) >= 11 is 0. The molecule has 0 aliphatic carbocycles. The molecule has 19 heavy (non-hydrogen) atoms. The largest absolute Gasteiger partial charge is 0.384 e. The van der Waals surface area contributed by atoms with E-state index in [4.69, 9.17) is 0 Å². The summed E-state index contributed by atoms with van der Waals surface area (Å²) in [6.07, 6.45) is 1.18. The van der Waals surface area contributed by atoms with Crippen LogP contribution in [0.15, 0.2) is 18.2 Å². The van der Waals surface area contributed by atoms with E-state index in [1.165, 1.54) is 36.3 Å². The van der Waals surface area contributed by atoms with Crippen LogP contribution in [0.5, 0.6) is 0 Å². The van der Waals surface area contributed by atoms with Crippen LogP contribution < -0.4 is 5.32 Å². The van der Waals surface area contributed by atoms with Crippen molar-refractivity contribution in [3.05, 3.63) is 29.3 Å². The Morgan fingerprint density at radius 3 is 2.42 bits per heavy atom. The normalized spacial score (nSPS) is 14.3. The fourth-order valence-electron chi connectivity index (χ4n) is 2.95. The molecule has 1 heterocycles. The van der Waals surface area contributed by atoms with Crippen LogP contribution in [0.3, 0.4) is 0 Å². The van der Waals surface area contributed by atoms with Gasteiger partial charge in [0.15, 0.2) is 0 Å². The van der Waals surface area contributed by atoms with Crippen LogP contribution in [0.4, 0.5) is 5.69 Å². The van der Waals surface area contributed by atoms with Gasteiger partial charge in [-0.1, -0.05) is 39.8 Å². The molecule has 106 valence electrons. The minimum absolute atomic E-state index is 0.731. The highest BCUT2D eigenvalue weighted by Crippen LogP contribution is 2.24. The van der Waals surface area contributed by atoms with E-state index < -0.39 is 0 Å². The molecular weight excluding hydrogens is 232 g/mol. The van der Waals surface area contributed by atoms with E-state index in [-0.39, 0.29) is 0 Å². The molecule has 0 radical (unpaired) electrons. The van der Waals surface area contributed by atoms with Gasteiger partial charge in [-0.05, 0) is 35.4 Å². The number of fused-ring (bicyclic) bond motifs is 1. The SMILES string of the molecule is CC(C)CN(Cc1ccc2c(c1)CCN2)CC(C)C. The number of hydrogen-bond donors (Lipinski definition) is 1. The number of anilines is 1. The zero-order chi connectivity index (χ0) is 13.8. The van der Waals surface area contributed by atoms with Gasteiger partial charge in [-0.15, -0.1) is 0 Å². The van der Waals surface area contributed by atoms with E-state index in [9.17, 15) is 0 Å².